The molecule has 0 aliphatic heterocycles. The van der Waals surface area contributed by atoms with Crippen molar-refractivity contribution in [3.63, 3.8) is 0 Å². The van der Waals surface area contributed by atoms with Gasteiger partial charge in [0, 0.05) is 0 Å². The Morgan fingerprint density at radius 3 is 2.57 bits per heavy atom. The third-order valence-electron chi connectivity index (χ3n) is 0.748. The van der Waals surface area contributed by atoms with Gasteiger partial charge < -0.3 is 4.65 Å². The Bertz CT molecular complexity index is 27.3. The molecule has 0 fully saturated rings. The van der Waals surface area contributed by atoms with Gasteiger partial charge in [0.1, 0.15) is 0 Å². The second kappa shape index (κ2) is 6.02. The van der Waals surface area contributed by atoms with E-state index in [1.165, 1.54) is 19.3 Å². The smallest absolute Gasteiger partial charge is 0.0681 e. The summed E-state index contributed by atoms with van der Waals surface area (Å²) in [5.41, 5.74) is 0. The van der Waals surface area contributed by atoms with Gasteiger partial charge in [-0.15, -0.1) is 0 Å². The summed E-state index contributed by atoms with van der Waals surface area (Å²) in [6, 6.07) is 0. The van der Waals surface area contributed by atoms with E-state index in [1.54, 1.807) is 0 Å². The lowest BCUT2D eigenvalue weighted by Gasteiger charge is -1.99. The van der Waals surface area contributed by atoms with E-state index in [0.717, 1.165) is 6.61 Å². The molecule has 0 aliphatic carbocycles. The van der Waals surface area contributed by atoms with Crippen LogP contribution in [0.1, 0.15) is 26.2 Å². The lowest BCUT2D eigenvalue weighted by atomic mass is 10.3. The predicted molar refractivity (Wildman–Crippen MR) is 35.4 cm³/mol. The normalized spacial score (nSPS) is 9.43. The highest BCUT2D eigenvalue weighted by atomic mass is 16.4. The fraction of sp³-hybridized carbons (Fsp3) is 1.00. The summed E-state index contributed by atoms with van der Waals surface area (Å²) in [5, 5.41) is 0. The van der Waals surface area contributed by atoms with Crippen LogP contribution in [0, 0.1) is 0 Å². The van der Waals surface area contributed by atoms with E-state index in [0.29, 0.717) is 0 Å². The van der Waals surface area contributed by atoms with Crippen LogP contribution >= 0.6 is 0 Å². The summed E-state index contributed by atoms with van der Waals surface area (Å²) in [4.78, 5) is 0. The summed E-state index contributed by atoms with van der Waals surface area (Å²) >= 11 is 0. The van der Waals surface area contributed by atoms with Gasteiger partial charge in [0.15, 0.2) is 0 Å². The van der Waals surface area contributed by atoms with Gasteiger partial charge in [-0.2, -0.15) is 0 Å². The summed E-state index contributed by atoms with van der Waals surface area (Å²) in [7, 11) is 0.234. The Morgan fingerprint density at radius 2 is 2.14 bits per heavy atom. The highest BCUT2D eigenvalue weighted by Gasteiger charge is 1.77. The molecule has 0 rings (SSSR count). The van der Waals surface area contributed by atoms with Crippen LogP contribution < -0.4 is 0 Å². The molecule has 0 aliphatic rings. The molecule has 0 aromatic rings. The molecule has 44 valence electrons. The van der Waals surface area contributed by atoms with Gasteiger partial charge in [-0.1, -0.05) is 19.8 Å². The van der Waals surface area contributed by atoms with E-state index >= 15 is 0 Å². The first-order valence-electron chi connectivity index (χ1n) is 2.50. The van der Waals surface area contributed by atoms with Crippen molar-refractivity contribution in [2.75, 3.05) is 6.61 Å². The van der Waals surface area contributed by atoms with Gasteiger partial charge in [0.2, 0.25) is 0 Å². The second-order valence-corrected chi connectivity index (χ2v) is 1.41. The van der Waals surface area contributed by atoms with Crippen molar-refractivity contribution in [2.45, 2.75) is 26.2 Å². The van der Waals surface area contributed by atoms with Crippen LogP contribution in [0.4, 0.5) is 0 Å². The molecule has 0 unspecified atom stereocenters. The van der Waals surface area contributed by atoms with Crippen LogP contribution in [-0.4, -0.2) is 14.7 Å². The molecule has 0 atom stereocenters. The van der Waals surface area contributed by atoms with Gasteiger partial charge in [-0.3, -0.25) is 0 Å². The maximum absolute atomic E-state index is 5.09. The van der Waals surface area contributed by atoms with Crippen molar-refractivity contribution in [2.24, 2.45) is 0 Å². The zero-order chi connectivity index (χ0) is 5.54. The molecule has 0 N–H and O–H groups in total. The Kier molecular flexibility index (Phi) is 6.05. The van der Waals surface area contributed by atoms with E-state index in [1.807, 2.05) is 0 Å². The van der Waals surface area contributed by atoms with Crippen LogP contribution in [0.15, 0.2) is 0 Å². The molecule has 0 bridgehead atoms. The summed E-state index contributed by atoms with van der Waals surface area (Å²) in [5.74, 6) is 0. The van der Waals surface area contributed by atoms with Crippen molar-refractivity contribution >= 4 is 8.05 Å². The van der Waals surface area contributed by atoms with Crippen molar-refractivity contribution in [3.05, 3.63) is 0 Å². The molecule has 0 amide bonds. The molecule has 0 aromatic heterocycles. The molecule has 1 nitrogen and oxygen atoms in total. The van der Waals surface area contributed by atoms with Gasteiger partial charge in [0.05, 0.1) is 8.05 Å². The topological polar surface area (TPSA) is 9.23 Å². The minimum absolute atomic E-state index is 0.234. The highest BCUT2D eigenvalue weighted by Crippen LogP contribution is 1.91. The largest absolute Gasteiger partial charge is 0.599 e. The van der Waals surface area contributed by atoms with Crippen molar-refractivity contribution in [1.82, 2.24) is 0 Å². The average Bonchev–Trinajstić information content (AvgIpc) is 1.69. The van der Waals surface area contributed by atoms with E-state index < -0.39 is 0 Å². The predicted octanol–water partition coefficient (Wildman–Crippen LogP) is 0.474. The molecule has 7 heavy (non-hydrogen) atoms. The lowest BCUT2D eigenvalue weighted by molar-refractivity contribution is 0.335. The molecule has 0 radical (unpaired) electrons. The Hall–Kier alpha value is 0.0249. The molecular weight excluding hydrogens is 86.9 g/mol. The molecule has 0 aromatic carbocycles. The molecule has 0 spiro atoms. The molecule has 2 heteroatoms. The number of hydrogen-bond acceptors (Lipinski definition) is 1. The summed E-state index contributed by atoms with van der Waals surface area (Å²) in [6.45, 7) is 3.25. The first-order chi connectivity index (χ1) is 3.41. The quantitative estimate of drug-likeness (QED) is 0.369. The average molecular weight is 101 g/mol. The van der Waals surface area contributed by atoms with Crippen molar-refractivity contribution < 1.29 is 4.65 Å². The highest BCUT2D eigenvalue weighted by molar-refractivity contribution is 5.97. The third kappa shape index (κ3) is 6.02. The molecule has 0 heterocycles. The first-order valence-corrected chi connectivity index (χ1v) is 2.50. The summed E-state index contributed by atoms with van der Waals surface area (Å²) < 4.78 is 5.09. The zero-order valence-corrected chi connectivity index (χ0v) is 4.24. The Morgan fingerprint density at radius 1 is 1.43 bits per heavy atom. The second-order valence-electron chi connectivity index (χ2n) is 1.41. The van der Waals surface area contributed by atoms with Gasteiger partial charge in [-0.05, 0) is 13.0 Å². The minimum Gasteiger partial charge on any atom is -0.599 e. The van der Waals surface area contributed by atoms with E-state index in [4.69, 9.17) is 4.65 Å². The Balaban J connectivity index is 2.45. The minimum atomic E-state index is 0.234. The fourth-order valence-electron chi connectivity index (χ4n) is 0.352. The maximum Gasteiger partial charge on any atom is 0.0681 e. The zero-order valence-electron chi connectivity index (χ0n) is 4.24. The number of unbranched alkanes of at least 4 members (excludes halogenated alkanes) is 2. The van der Waals surface area contributed by atoms with Gasteiger partial charge >= 0.3 is 0 Å². The van der Waals surface area contributed by atoms with Crippen LogP contribution in [0.5, 0.6) is 0 Å². The standard InChI is InChI=1S/C5H14BO/c1-2-3-4-5-7-6/h2-5H2,1,6H3/q-1. The third-order valence-corrected chi connectivity index (χ3v) is 0.748. The monoisotopic (exact) mass is 101 g/mol. The first kappa shape index (κ1) is 7.02. The fourth-order valence-corrected chi connectivity index (χ4v) is 0.352. The van der Waals surface area contributed by atoms with Crippen molar-refractivity contribution in [3.8, 4) is 0 Å². The van der Waals surface area contributed by atoms with Crippen LogP contribution in [0.3, 0.4) is 0 Å². The van der Waals surface area contributed by atoms with Gasteiger partial charge in [-0.25, -0.2) is 0 Å². The number of rotatable bonds is 4. The van der Waals surface area contributed by atoms with Crippen LogP contribution in [0.25, 0.3) is 0 Å². The molecular formula is C5H14BO-. The van der Waals surface area contributed by atoms with Crippen molar-refractivity contribution in [1.29, 1.82) is 0 Å². The number of hydrogen-bond donors (Lipinski definition) is 0. The molecule has 0 saturated heterocycles. The Labute approximate surface area is 46.5 Å². The van der Waals surface area contributed by atoms with E-state index in [-0.39, 0.29) is 8.05 Å². The summed E-state index contributed by atoms with van der Waals surface area (Å²) in [6.07, 6.45) is 3.93. The molecule has 0 saturated carbocycles. The van der Waals surface area contributed by atoms with Gasteiger partial charge in [0.25, 0.3) is 0 Å². The van der Waals surface area contributed by atoms with E-state index in [2.05, 4.69) is 6.92 Å². The van der Waals surface area contributed by atoms with E-state index in [9.17, 15) is 0 Å². The lowest BCUT2D eigenvalue weighted by Crippen LogP contribution is -1.87. The maximum atomic E-state index is 5.09. The van der Waals surface area contributed by atoms with Crippen LogP contribution in [0.2, 0.25) is 0 Å². The SMILES string of the molecule is [BH3-]OCCCCC. The van der Waals surface area contributed by atoms with Crippen LogP contribution in [-0.2, 0) is 4.65 Å².